The SMILES string of the molecule is C=C(Nc1ccc(S(F)(F)(F)(F)F)cc1)C(C)(C)CCc1ccc(C#N)c(F)c1. The monoisotopic (exact) mass is 434 g/mol. The second kappa shape index (κ2) is 6.73. The Bertz CT molecular complexity index is 974. The molecule has 0 aliphatic heterocycles. The second-order valence-electron chi connectivity index (χ2n) is 7.41. The van der Waals surface area contributed by atoms with Crippen LogP contribution < -0.4 is 5.32 Å². The van der Waals surface area contributed by atoms with E-state index in [1.165, 1.54) is 12.1 Å². The summed E-state index contributed by atoms with van der Waals surface area (Å²) in [5.74, 6) is -0.608. The van der Waals surface area contributed by atoms with E-state index in [1.807, 2.05) is 13.8 Å². The van der Waals surface area contributed by atoms with E-state index in [0.717, 1.165) is 12.1 Å². The molecule has 0 spiro atoms. The highest BCUT2D eigenvalue weighted by atomic mass is 32.5. The minimum atomic E-state index is -9.70. The summed E-state index contributed by atoms with van der Waals surface area (Å²) >= 11 is 0. The van der Waals surface area contributed by atoms with Crippen molar-refractivity contribution in [2.45, 2.75) is 31.6 Å². The fourth-order valence-corrected chi connectivity index (χ4v) is 3.20. The van der Waals surface area contributed by atoms with E-state index in [-0.39, 0.29) is 11.3 Å². The standard InChI is InChI=1S/C20H20F6N2S/c1-14(28-17-6-8-18(9-7-17)29(22,23,24,25)26)20(2,3)11-10-15-4-5-16(13-27)19(21)12-15/h4-9,12,28H,1,10-11H2,2-3H3. The number of halogens is 6. The molecule has 2 nitrogen and oxygen atoms in total. The maximum absolute atomic E-state index is 13.7. The first-order valence-electron chi connectivity index (χ1n) is 8.51. The molecule has 0 saturated heterocycles. The van der Waals surface area contributed by atoms with Gasteiger partial charge in [-0.05, 0) is 54.8 Å². The van der Waals surface area contributed by atoms with E-state index in [2.05, 4.69) is 11.9 Å². The van der Waals surface area contributed by atoms with Crippen molar-refractivity contribution < 1.29 is 23.8 Å². The maximum atomic E-state index is 13.7. The summed E-state index contributed by atoms with van der Waals surface area (Å²) in [5.41, 5.74) is 0.755. The third-order valence-corrected chi connectivity index (χ3v) is 5.77. The maximum Gasteiger partial charge on any atom is 0.310 e. The molecular weight excluding hydrogens is 414 g/mol. The van der Waals surface area contributed by atoms with Crippen LogP contribution in [0.25, 0.3) is 0 Å². The number of allylic oxidation sites excluding steroid dienone is 1. The second-order valence-corrected chi connectivity index (χ2v) is 9.82. The number of nitriles is 1. The molecule has 0 aliphatic carbocycles. The fraction of sp³-hybridized carbons (Fsp3) is 0.250. The summed E-state index contributed by atoms with van der Waals surface area (Å²) in [6.07, 6.45) is 0.993. The molecule has 0 amide bonds. The van der Waals surface area contributed by atoms with Crippen molar-refractivity contribution in [3.8, 4) is 6.07 Å². The predicted octanol–water partition coefficient (Wildman–Crippen LogP) is 7.94. The Hall–Kier alpha value is -2.60. The summed E-state index contributed by atoms with van der Waals surface area (Å²) in [5, 5.41) is 11.6. The molecule has 2 aromatic carbocycles. The number of nitrogens with one attached hydrogen (secondary N) is 1. The van der Waals surface area contributed by atoms with Crippen LogP contribution in [0.5, 0.6) is 0 Å². The van der Waals surface area contributed by atoms with Crippen LogP contribution in [0.15, 0.2) is 59.6 Å². The lowest BCUT2D eigenvalue weighted by molar-refractivity contribution is 0.364. The number of rotatable bonds is 7. The highest BCUT2D eigenvalue weighted by Gasteiger charge is 2.65. The molecule has 2 rings (SSSR count). The lowest BCUT2D eigenvalue weighted by Gasteiger charge is -2.40. The van der Waals surface area contributed by atoms with Gasteiger partial charge in [0, 0.05) is 16.8 Å². The fourth-order valence-electron chi connectivity index (χ4n) is 2.55. The first-order chi connectivity index (χ1) is 13.0. The van der Waals surface area contributed by atoms with Crippen LogP contribution in [0.1, 0.15) is 31.4 Å². The molecule has 0 bridgehead atoms. The molecule has 0 saturated carbocycles. The van der Waals surface area contributed by atoms with Gasteiger partial charge < -0.3 is 5.32 Å². The van der Waals surface area contributed by atoms with Crippen LogP contribution in [0.4, 0.5) is 29.5 Å². The summed E-state index contributed by atoms with van der Waals surface area (Å²) in [7, 11) is -9.70. The zero-order valence-corrected chi connectivity index (χ0v) is 16.6. The molecule has 0 atom stereocenters. The molecule has 1 N–H and O–H groups in total. The first-order valence-corrected chi connectivity index (χ1v) is 10.5. The van der Waals surface area contributed by atoms with E-state index >= 15 is 0 Å². The largest absolute Gasteiger partial charge is 0.359 e. The Labute approximate surface area is 165 Å². The molecule has 9 heteroatoms. The van der Waals surface area contributed by atoms with Gasteiger partial charge in [0.15, 0.2) is 0 Å². The van der Waals surface area contributed by atoms with Crippen LogP contribution >= 0.6 is 10.2 Å². The zero-order valence-electron chi connectivity index (χ0n) is 15.8. The number of anilines is 1. The van der Waals surface area contributed by atoms with Gasteiger partial charge in [0.25, 0.3) is 0 Å². The number of hydrogen-bond donors (Lipinski definition) is 1. The van der Waals surface area contributed by atoms with E-state index in [0.29, 0.717) is 36.2 Å². The first kappa shape index (κ1) is 22.7. The van der Waals surface area contributed by atoms with Crippen molar-refractivity contribution in [3.63, 3.8) is 0 Å². The molecule has 0 fully saturated rings. The summed E-state index contributed by atoms with van der Waals surface area (Å²) in [4.78, 5) is -1.96. The van der Waals surface area contributed by atoms with Gasteiger partial charge in [0.1, 0.15) is 16.8 Å². The Kier molecular flexibility index (Phi) is 5.27. The van der Waals surface area contributed by atoms with Crippen molar-refractivity contribution in [2.24, 2.45) is 5.41 Å². The van der Waals surface area contributed by atoms with Gasteiger partial charge >= 0.3 is 10.2 Å². The normalized spacial score (nSPS) is 14.4. The Morgan fingerprint density at radius 3 is 2.14 bits per heavy atom. The van der Waals surface area contributed by atoms with E-state index in [4.69, 9.17) is 5.26 Å². The Morgan fingerprint density at radius 2 is 1.66 bits per heavy atom. The third kappa shape index (κ3) is 5.94. The molecule has 2 aromatic rings. The highest BCUT2D eigenvalue weighted by molar-refractivity contribution is 8.45. The van der Waals surface area contributed by atoms with E-state index in [1.54, 1.807) is 12.1 Å². The summed E-state index contributed by atoms with van der Waals surface area (Å²) in [6.45, 7) is 7.56. The van der Waals surface area contributed by atoms with Gasteiger partial charge in [-0.1, -0.05) is 45.9 Å². The van der Waals surface area contributed by atoms with Crippen LogP contribution in [-0.2, 0) is 6.42 Å². The molecule has 0 unspecified atom stereocenters. The molecule has 29 heavy (non-hydrogen) atoms. The van der Waals surface area contributed by atoms with Crippen molar-refractivity contribution in [3.05, 3.63) is 71.7 Å². The van der Waals surface area contributed by atoms with Crippen molar-refractivity contribution >= 4 is 15.9 Å². The van der Waals surface area contributed by atoms with Crippen LogP contribution in [0.2, 0.25) is 0 Å². The van der Waals surface area contributed by atoms with Gasteiger partial charge in [0.2, 0.25) is 0 Å². The smallest absolute Gasteiger partial charge is 0.310 e. The minimum Gasteiger partial charge on any atom is -0.359 e. The quantitative estimate of drug-likeness (QED) is 0.449. The molecule has 0 radical (unpaired) electrons. The Morgan fingerprint density at radius 1 is 1.07 bits per heavy atom. The minimum absolute atomic E-state index is 0.0471. The number of hydrogen-bond acceptors (Lipinski definition) is 2. The lowest BCUT2D eigenvalue weighted by atomic mass is 9.83. The molecule has 0 heterocycles. The lowest BCUT2D eigenvalue weighted by Crippen LogP contribution is -2.21. The van der Waals surface area contributed by atoms with Crippen molar-refractivity contribution in [2.75, 3.05) is 5.32 Å². The zero-order chi connectivity index (χ0) is 22.2. The Balaban J connectivity index is 2.06. The van der Waals surface area contributed by atoms with Gasteiger partial charge in [-0.3, -0.25) is 0 Å². The summed E-state index contributed by atoms with van der Waals surface area (Å²) < 4.78 is 77.6. The number of nitrogens with zero attached hydrogens (tertiary/aromatic N) is 1. The van der Waals surface area contributed by atoms with E-state index < -0.39 is 26.4 Å². The average molecular weight is 434 g/mol. The van der Waals surface area contributed by atoms with Crippen LogP contribution in [0.3, 0.4) is 0 Å². The summed E-state index contributed by atoms with van der Waals surface area (Å²) in [6, 6.07) is 8.58. The molecule has 158 valence electrons. The van der Waals surface area contributed by atoms with Crippen LogP contribution in [0, 0.1) is 22.6 Å². The topological polar surface area (TPSA) is 35.8 Å². The number of benzene rings is 2. The highest BCUT2D eigenvalue weighted by Crippen LogP contribution is 3.02. The van der Waals surface area contributed by atoms with Crippen LogP contribution in [-0.4, -0.2) is 0 Å². The van der Waals surface area contributed by atoms with Crippen molar-refractivity contribution in [1.29, 1.82) is 5.26 Å². The molecule has 0 aliphatic rings. The van der Waals surface area contributed by atoms with Gasteiger partial charge in [-0.2, -0.15) is 5.26 Å². The van der Waals surface area contributed by atoms with Gasteiger partial charge in [-0.15, -0.1) is 0 Å². The number of aryl methyl sites for hydroxylation is 1. The van der Waals surface area contributed by atoms with E-state index in [9.17, 15) is 23.8 Å². The third-order valence-electron chi connectivity index (χ3n) is 4.60. The van der Waals surface area contributed by atoms with Crippen molar-refractivity contribution in [1.82, 2.24) is 0 Å². The van der Waals surface area contributed by atoms with Gasteiger partial charge in [0.05, 0.1) is 5.56 Å². The molecule has 0 aromatic heterocycles. The molecular formula is C20H20F6N2S. The predicted molar refractivity (Wildman–Crippen MR) is 104 cm³/mol. The average Bonchev–Trinajstić information content (AvgIpc) is 2.58. The van der Waals surface area contributed by atoms with Gasteiger partial charge in [-0.25, -0.2) is 4.39 Å².